The van der Waals surface area contributed by atoms with Crippen molar-refractivity contribution in [2.75, 3.05) is 37.6 Å². The lowest BCUT2D eigenvalue weighted by atomic mass is 9.96. The minimum Gasteiger partial charge on any atom is -0.356 e. The van der Waals surface area contributed by atoms with Gasteiger partial charge in [-0.2, -0.15) is 0 Å². The fourth-order valence-electron chi connectivity index (χ4n) is 4.93. The van der Waals surface area contributed by atoms with E-state index >= 15 is 0 Å². The van der Waals surface area contributed by atoms with Gasteiger partial charge in [0.05, 0.1) is 6.33 Å². The first-order valence-electron chi connectivity index (χ1n) is 10.1. The van der Waals surface area contributed by atoms with Gasteiger partial charge < -0.3 is 19.7 Å². The van der Waals surface area contributed by atoms with Crippen molar-refractivity contribution in [2.24, 2.45) is 17.8 Å². The molecule has 1 N–H and O–H groups in total. The number of carbonyl (C=O) groups excluding carboxylic acids is 2. The van der Waals surface area contributed by atoms with Gasteiger partial charge in [-0.3, -0.25) is 9.59 Å². The number of aromatic nitrogens is 4. The molecule has 3 aliphatic rings. The van der Waals surface area contributed by atoms with Crippen LogP contribution in [0.4, 0.5) is 5.82 Å². The van der Waals surface area contributed by atoms with Crippen molar-refractivity contribution in [2.45, 2.75) is 26.3 Å². The summed E-state index contributed by atoms with van der Waals surface area (Å²) in [5.41, 5.74) is 1.72. The molecule has 3 unspecified atom stereocenters. The second kappa shape index (κ2) is 6.72. The Balaban J connectivity index is 1.28. The molecule has 2 aromatic heterocycles. The summed E-state index contributed by atoms with van der Waals surface area (Å²) < 4.78 is 2.03. The van der Waals surface area contributed by atoms with Crippen molar-refractivity contribution in [3.63, 3.8) is 0 Å². The Bertz CT molecular complexity index is 912. The molecule has 0 aliphatic carbocycles. The number of likely N-dealkylation sites (tertiary alicyclic amines) is 1. The minimum atomic E-state index is -0.150. The topological polar surface area (TPSA) is 96.2 Å². The number of anilines is 1. The second-order valence-corrected chi connectivity index (χ2v) is 8.11. The quantitative estimate of drug-likeness (QED) is 0.817. The average molecular weight is 383 g/mol. The third kappa shape index (κ3) is 2.80. The molecule has 28 heavy (non-hydrogen) atoms. The lowest BCUT2D eigenvalue weighted by molar-refractivity contribution is -0.139. The maximum atomic E-state index is 12.8. The van der Waals surface area contributed by atoms with Crippen LogP contribution in [0.3, 0.4) is 0 Å². The molecule has 0 spiro atoms. The smallest absolute Gasteiger partial charge is 0.226 e. The van der Waals surface area contributed by atoms with Gasteiger partial charge in [-0.1, -0.05) is 0 Å². The molecule has 3 fully saturated rings. The summed E-state index contributed by atoms with van der Waals surface area (Å²) in [6.45, 7) is 6.82. The van der Waals surface area contributed by atoms with Crippen molar-refractivity contribution in [3.8, 4) is 0 Å². The molecule has 0 saturated carbocycles. The standard InChI is InChI=1S/C19H25N7O2/c1-2-24-11-23-16-17(24)21-10-22-18(16)25-6-13-8-26(9-14(13)7-25)19(28)12-3-4-20-15(27)5-12/h10-14H,2-9H2,1H3,(H,20,27). The zero-order valence-corrected chi connectivity index (χ0v) is 16.0. The number of amides is 2. The lowest BCUT2D eigenvalue weighted by Gasteiger charge is -2.28. The van der Waals surface area contributed by atoms with E-state index in [2.05, 4.69) is 32.1 Å². The molecule has 0 bridgehead atoms. The highest BCUT2D eigenvalue weighted by Crippen LogP contribution is 2.36. The van der Waals surface area contributed by atoms with Gasteiger partial charge in [0.2, 0.25) is 11.8 Å². The number of piperidine rings is 1. The van der Waals surface area contributed by atoms with Crippen LogP contribution in [0, 0.1) is 17.8 Å². The van der Waals surface area contributed by atoms with Gasteiger partial charge in [-0.15, -0.1) is 0 Å². The Morgan fingerprint density at radius 2 is 1.96 bits per heavy atom. The number of fused-ring (bicyclic) bond motifs is 2. The summed E-state index contributed by atoms with van der Waals surface area (Å²) in [5.74, 6) is 1.78. The van der Waals surface area contributed by atoms with Gasteiger partial charge in [0.1, 0.15) is 6.33 Å². The summed E-state index contributed by atoms with van der Waals surface area (Å²) in [6, 6.07) is 0. The number of nitrogens with one attached hydrogen (secondary N) is 1. The van der Waals surface area contributed by atoms with Crippen molar-refractivity contribution < 1.29 is 9.59 Å². The molecule has 5 heterocycles. The van der Waals surface area contributed by atoms with Gasteiger partial charge in [-0.05, 0) is 13.3 Å². The molecule has 148 valence electrons. The zero-order chi connectivity index (χ0) is 19.3. The predicted octanol–water partition coefficient (Wildman–Crippen LogP) is 0.267. The molecule has 0 aromatic carbocycles. The summed E-state index contributed by atoms with van der Waals surface area (Å²) in [6.07, 6.45) is 4.52. The molecule has 5 rings (SSSR count). The molecule has 9 nitrogen and oxygen atoms in total. The first-order valence-corrected chi connectivity index (χ1v) is 10.1. The van der Waals surface area contributed by atoms with Crippen LogP contribution in [0.5, 0.6) is 0 Å². The maximum Gasteiger partial charge on any atom is 0.226 e. The van der Waals surface area contributed by atoms with Crippen LogP contribution in [0.15, 0.2) is 12.7 Å². The highest BCUT2D eigenvalue weighted by atomic mass is 16.2. The highest BCUT2D eigenvalue weighted by molar-refractivity contribution is 5.87. The molecule has 3 atom stereocenters. The summed E-state index contributed by atoms with van der Waals surface area (Å²) >= 11 is 0. The lowest BCUT2D eigenvalue weighted by Crippen LogP contribution is -2.43. The van der Waals surface area contributed by atoms with Gasteiger partial charge in [-0.25, -0.2) is 15.0 Å². The van der Waals surface area contributed by atoms with Crippen LogP contribution < -0.4 is 10.2 Å². The Labute approximate surface area is 163 Å². The van der Waals surface area contributed by atoms with Gasteiger partial charge in [0, 0.05) is 63.4 Å². The van der Waals surface area contributed by atoms with Crippen molar-refractivity contribution in [3.05, 3.63) is 12.7 Å². The van der Waals surface area contributed by atoms with E-state index in [1.165, 1.54) is 0 Å². The van der Waals surface area contributed by atoms with E-state index in [1.807, 2.05) is 15.8 Å². The van der Waals surface area contributed by atoms with E-state index in [9.17, 15) is 9.59 Å². The zero-order valence-electron chi connectivity index (χ0n) is 16.0. The largest absolute Gasteiger partial charge is 0.356 e. The highest BCUT2D eigenvalue weighted by Gasteiger charge is 2.44. The molecular formula is C19H25N7O2. The third-order valence-corrected chi connectivity index (χ3v) is 6.42. The predicted molar refractivity (Wildman–Crippen MR) is 103 cm³/mol. The number of imidazole rings is 1. The van der Waals surface area contributed by atoms with Crippen molar-refractivity contribution in [1.82, 2.24) is 29.7 Å². The van der Waals surface area contributed by atoms with Crippen LogP contribution >= 0.6 is 0 Å². The van der Waals surface area contributed by atoms with E-state index in [1.54, 1.807) is 6.33 Å². The fourth-order valence-corrected chi connectivity index (χ4v) is 4.93. The molecular weight excluding hydrogens is 358 g/mol. The monoisotopic (exact) mass is 383 g/mol. The van der Waals surface area contributed by atoms with Gasteiger partial charge in [0.15, 0.2) is 17.0 Å². The second-order valence-electron chi connectivity index (χ2n) is 8.11. The number of hydrogen-bond donors (Lipinski definition) is 1. The Kier molecular flexibility index (Phi) is 4.17. The molecule has 3 saturated heterocycles. The van der Waals surface area contributed by atoms with Crippen LogP contribution in [0.25, 0.3) is 11.2 Å². The van der Waals surface area contributed by atoms with Crippen molar-refractivity contribution in [1.29, 1.82) is 0 Å². The van der Waals surface area contributed by atoms with E-state index < -0.39 is 0 Å². The Morgan fingerprint density at radius 1 is 1.18 bits per heavy atom. The normalized spacial score (nSPS) is 27.3. The molecule has 0 radical (unpaired) electrons. The SMILES string of the molecule is CCn1cnc2c(N3CC4CN(C(=O)C5CCNC(=O)C5)CC4C3)ncnc21. The van der Waals surface area contributed by atoms with Gasteiger partial charge >= 0.3 is 0 Å². The summed E-state index contributed by atoms with van der Waals surface area (Å²) in [5, 5.41) is 2.81. The first-order chi connectivity index (χ1) is 13.6. The number of nitrogens with zero attached hydrogens (tertiary/aromatic N) is 6. The Morgan fingerprint density at radius 3 is 2.68 bits per heavy atom. The molecule has 2 aromatic rings. The van der Waals surface area contributed by atoms with Crippen LogP contribution in [0.2, 0.25) is 0 Å². The van der Waals surface area contributed by atoms with Gasteiger partial charge in [0.25, 0.3) is 0 Å². The maximum absolute atomic E-state index is 12.8. The average Bonchev–Trinajstić information content (AvgIpc) is 3.39. The van der Waals surface area contributed by atoms with Crippen LogP contribution in [-0.2, 0) is 16.1 Å². The summed E-state index contributed by atoms with van der Waals surface area (Å²) in [7, 11) is 0. The molecule has 3 aliphatic heterocycles. The number of aryl methyl sites for hydroxylation is 1. The third-order valence-electron chi connectivity index (χ3n) is 6.42. The van der Waals surface area contributed by atoms with Crippen LogP contribution in [0.1, 0.15) is 19.8 Å². The van der Waals surface area contributed by atoms with Crippen LogP contribution in [-0.4, -0.2) is 69.0 Å². The van der Waals surface area contributed by atoms with E-state index in [4.69, 9.17) is 0 Å². The van der Waals surface area contributed by atoms with E-state index in [0.717, 1.165) is 56.1 Å². The van der Waals surface area contributed by atoms with Crippen molar-refractivity contribution >= 4 is 28.8 Å². The number of carbonyl (C=O) groups is 2. The first kappa shape index (κ1) is 17.4. The molecule has 9 heteroatoms. The minimum absolute atomic E-state index is 0.00513. The van der Waals surface area contributed by atoms with E-state index in [0.29, 0.717) is 24.8 Å². The number of hydrogen-bond acceptors (Lipinski definition) is 6. The summed E-state index contributed by atoms with van der Waals surface area (Å²) in [4.78, 5) is 42.2. The fraction of sp³-hybridized carbons (Fsp3) is 0.632. The molecule has 2 amide bonds. The Hall–Kier alpha value is -2.71. The van der Waals surface area contributed by atoms with E-state index in [-0.39, 0.29) is 17.7 Å². The number of rotatable bonds is 3.